The lowest BCUT2D eigenvalue weighted by molar-refractivity contribution is -0.127. The predicted molar refractivity (Wildman–Crippen MR) is 209 cm³/mol. The fourth-order valence-electron chi connectivity index (χ4n) is 8.47. The topological polar surface area (TPSA) is 129 Å². The third kappa shape index (κ3) is 9.55. The summed E-state index contributed by atoms with van der Waals surface area (Å²) in [5.41, 5.74) is 9.77. The van der Waals surface area contributed by atoms with Gasteiger partial charge in [0.1, 0.15) is 17.6 Å². The van der Waals surface area contributed by atoms with Crippen LogP contribution in [0.2, 0.25) is 0 Å². The standard InChI is InChI=1S/C29H42FN5O2.C13H12FN3/c1-20-7-9-26(29(37)31-20)32-23-8-10-27(25(30)19-23)35-17-13-24(14-18-35)34-15-11-22(12-16-34)33-28(36)21-5-3-2-4-6-21;14-11-7-16-13(15)17-12(11)10-3-1-2-9(6-10)8-4-5-8/h8,10,19,21-22,24,26,32H,1-7,9,11-18H2,(H,31,37)(H,33,36);1-3,6-8H,4-5H2,(H2,15,16,17). The van der Waals surface area contributed by atoms with E-state index in [0.29, 0.717) is 35.8 Å². The zero-order valence-electron chi connectivity index (χ0n) is 31.2. The van der Waals surface area contributed by atoms with Crippen molar-refractivity contribution in [2.75, 3.05) is 42.1 Å². The van der Waals surface area contributed by atoms with Crippen LogP contribution in [0.15, 0.2) is 60.9 Å². The summed E-state index contributed by atoms with van der Waals surface area (Å²) < 4.78 is 28.7. The quantitative estimate of drug-likeness (QED) is 0.197. The van der Waals surface area contributed by atoms with Gasteiger partial charge in [-0.15, -0.1) is 0 Å². The second-order valence-electron chi connectivity index (χ2n) is 15.7. The number of aromatic nitrogens is 2. The molecule has 0 bridgehead atoms. The molecule has 5 N–H and O–H groups in total. The fraction of sp³-hybridized carbons (Fsp3) is 0.524. The first kappa shape index (κ1) is 37.7. The molecule has 0 radical (unpaired) electrons. The van der Waals surface area contributed by atoms with Crippen LogP contribution in [0, 0.1) is 17.6 Å². The number of carbonyl (C=O) groups is 2. The van der Waals surface area contributed by atoms with Gasteiger partial charge in [0, 0.05) is 61.1 Å². The summed E-state index contributed by atoms with van der Waals surface area (Å²) in [4.78, 5) is 37.1. The summed E-state index contributed by atoms with van der Waals surface area (Å²) in [5, 5.41) is 9.26. The van der Waals surface area contributed by atoms with Crippen LogP contribution in [-0.2, 0) is 9.59 Å². The Balaban J connectivity index is 0.000000219. The van der Waals surface area contributed by atoms with E-state index in [9.17, 15) is 14.0 Å². The molecule has 4 heterocycles. The largest absolute Gasteiger partial charge is 0.374 e. The molecule has 54 heavy (non-hydrogen) atoms. The molecule has 3 saturated heterocycles. The number of piperidine rings is 3. The number of anilines is 3. The van der Waals surface area contributed by atoms with Crippen molar-refractivity contribution >= 4 is 29.1 Å². The van der Waals surface area contributed by atoms with Crippen molar-refractivity contribution in [3.63, 3.8) is 0 Å². The van der Waals surface area contributed by atoms with Crippen molar-refractivity contribution in [2.24, 2.45) is 5.92 Å². The van der Waals surface area contributed by atoms with E-state index in [2.05, 4.69) is 48.4 Å². The average Bonchev–Trinajstić information content (AvgIpc) is 4.04. The van der Waals surface area contributed by atoms with Gasteiger partial charge in [-0.1, -0.05) is 44.0 Å². The second-order valence-corrected chi connectivity index (χ2v) is 15.7. The van der Waals surface area contributed by atoms with Gasteiger partial charge in [0.15, 0.2) is 5.82 Å². The SMILES string of the molecule is C=C1CCC(Nc2ccc(N3CCC(N4CCC(NC(=O)C5CCCCC5)CC4)CC3)c(F)c2)C(=O)N1.Nc1ncc(F)c(-c2cccc(C3CC3)c2)n1. The number of halogens is 2. The predicted octanol–water partition coefficient (Wildman–Crippen LogP) is 6.90. The minimum atomic E-state index is -0.438. The van der Waals surface area contributed by atoms with Crippen molar-refractivity contribution < 1.29 is 18.4 Å². The molecule has 8 rings (SSSR count). The molecule has 2 saturated carbocycles. The highest BCUT2D eigenvalue weighted by molar-refractivity contribution is 5.87. The first-order valence-corrected chi connectivity index (χ1v) is 19.9. The molecule has 10 nitrogen and oxygen atoms in total. The van der Waals surface area contributed by atoms with Crippen LogP contribution >= 0.6 is 0 Å². The van der Waals surface area contributed by atoms with E-state index in [1.165, 1.54) is 43.7 Å². The van der Waals surface area contributed by atoms with Gasteiger partial charge in [0.05, 0.1) is 11.9 Å². The van der Waals surface area contributed by atoms with E-state index < -0.39 is 5.82 Å². The second kappa shape index (κ2) is 17.3. The average molecular weight is 741 g/mol. The van der Waals surface area contributed by atoms with Crippen LogP contribution < -0.4 is 26.6 Å². The molecule has 1 aromatic heterocycles. The van der Waals surface area contributed by atoms with Gasteiger partial charge in [-0.05, 0) is 100.0 Å². The number of nitrogens with two attached hydrogens (primary N) is 1. The number of allylic oxidation sites excluding steroid dienone is 1. The number of likely N-dealkylation sites (tertiary alicyclic amines) is 1. The first-order valence-electron chi connectivity index (χ1n) is 19.9. The van der Waals surface area contributed by atoms with Gasteiger partial charge in [0.2, 0.25) is 17.8 Å². The van der Waals surface area contributed by atoms with E-state index >= 15 is 4.39 Å². The van der Waals surface area contributed by atoms with Crippen molar-refractivity contribution in [2.45, 2.75) is 108 Å². The number of nitrogens with zero attached hydrogens (tertiary/aromatic N) is 4. The molecule has 2 aromatic carbocycles. The highest BCUT2D eigenvalue weighted by Crippen LogP contribution is 2.41. The maximum Gasteiger partial charge on any atom is 0.246 e. The minimum absolute atomic E-state index is 0.0956. The van der Waals surface area contributed by atoms with Crippen molar-refractivity contribution in [1.29, 1.82) is 0 Å². The number of rotatable bonds is 8. The van der Waals surface area contributed by atoms with E-state index in [4.69, 9.17) is 5.73 Å². The summed E-state index contributed by atoms with van der Waals surface area (Å²) >= 11 is 0. The van der Waals surface area contributed by atoms with E-state index in [1.54, 1.807) is 0 Å². The number of nitrogens with one attached hydrogen (secondary N) is 3. The normalized spacial score (nSPS) is 21.9. The molecule has 2 aliphatic carbocycles. The molecule has 3 aromatic rings. The number of nitrogen functional groups attached to an aromatic ring is 1. The lowest BCUT2D eigenvalue weighted by Gasteiger charge is -2.42. The molecule has 12 heteroatoms. The van der Waals surface area contributed by atoms with E-state index in [1.807, 2.05) is 30.3 Å². The lowest BCUT2D eigenvalue weighted by Crippen LogP contribution is -2.51. The highest BCUT2D eigenvalue weighted by Gasteiger charge is 2.31. The molecule has 1 atom stereocenters. The Bertz CT molecular complexity index is 1800. The molecule has 1 unspecified atom stereocenters. The first-order chi connectivity index (χ1) is 26.2. The van der Waals surface area contributed by atoms with E-state index in [0.717, 1.165) is 88.6 Å². The monoisotopic (exact) mass is 740 g/mol. The van der Waals surface area contributed by atoms with Gasteiger partial charge in [-0.2, -0.15) is 0 Å². The van der Waals surface area contributed by atoms with Crippen LogP contribution in [-0.4, -0.2) is 71.0 Å². The van der Waals surface area contributed by atoms with Gasteiger partial charge in [0.25, 0.3) is 0 Å². The molecule has 5 aliphatic rings. The summed E-state index contributed by atoms with van der Waals surface area (Å²) in [7, 11) is 0. The summed E-state index contributed by atoms with van der Waals surface area (Å²) in [5.74, 6) is 0.441. The third-order valence-corrected chi connectivity index (χ3v) is 11.8. The van der Waals surface area contributed by atoms with Crippen LogP contribution in [0.5, 0.6) is 0 Å². The van der Waals surface area contributed by atoms with E-state index in [-0.39, 0.29) is 41.2 Å². The van der Waals surface area contributed by atoms with Gasteiger partial charge in [-0.25, -0.2) is 18.7 Å². The molecule has 0 spiro atoms. The maximum absolute atomic E-state index is 15.0. The Labute approximate surface area is 317 Å². The van der Waals surface area contributed by atoms with Crippen molar-refractivity contribution in [3.05, 3.63) is 78.1 Å². The van der Waals surface area contributed by atoms with Gasteiger partial charge in [-0.3, -0.25) is 9.59 Å². The minimum Gasteiger partial charge on any atom is -0.374 e. The van der Waals surface area contributed by atoms with Crippen molar-refractivity contribution in [1.82, 2.24) is 25.5 Å². The van der Waals surface area contributed by atoms with Gasteiger partial charge >= 0.3 is 0 Å². The zero-order valence-corrected chi connectivity index (χ0v) is 31.2. The summed E-state index contributed by atoms with van der Waals surface area (Å²) in [6.07, 6.45) is 14.8. The Morgan fingerprint density at radius 1 is 0.889 bits per heavy atom. The summed E-state index contributed by atoms with van der Waals surface area (Å²) in [6.45, 7) is 7.52. The summed E-state index contributed by atoms with van der Waals surface area (Å²) in [6, 6.07) is 13.5. The number of hydrogen-bond donors (Lipinski definition) is 4. The number of amides is 2. The molecular weight excluding hydrogens is 687 g/mol. The molecule has 288 valence electrons. The third-order valence-electron chi connectivity index (χ3n) is 11.8. The van der Waals surface area contributed by atoms with Crippen LogP contribution in [0.25, 0.3) is 11.3 Å². The molecular formula is C42H54F2N8O2. The lowest BCUT2D eigenvalue weighted by atomic mass is 9.88. The Hall–Kier alpha value is -4.58. The Morgan fingerprint density at radius 2 is 1.65 bits per heavy atom. The molecule has 3 aliphatic heterocycles. The van der Waals surface area contributed by atoms with Crippen molar-refractivity contribution in [3.8, 4) is 11.3 Å². The number of benzene rings is 2. The number of hydrogen-bond acceptors (Lipinski definition) is 8. The number of carbonyl (C=O) groups excluding carboxylic acids is 2. The fourth-order valence-corrected chi connectivity index (χ4v) is 8.47. The van der Waals surface area contributed by atoms with Crippen LogP contribution in [0.4, 0.5) is 26.1 Å². The Morgan fingerprint density at radius 3 is 2.35 bits per heavy atom. The maximum atomic E-state index is 15.0. The molecule has 5 fully saturated rings. The van der Waals surface area contributed by atoms with Crippen LogP contribution in [0.1, 0.15) is 95.0 Å². The zero-order chi connectivity index (χ0) is 37.6. The Kier molecular flexibility index (Phi) is 12.1. The highest BCUT2D eigenvalue weighted by atomic mass is 19.1. The van der Waals surface area contributed by atoms with Crippen LogP contribution in [0.3, 0.4) is 0 Å². The van der Waals surface area contributed by atoms with Gasteiger partial charge < -0.3 is 31.5 Å². The smallest absolute Gasteiger partial charge is 0.246 e. The molecule has 2 amide bonds.